The minimum atomic E-state index is -4.02. The molecule has 3 fully saturated rings. The molecule has 1 aromatic carbocycles. The zero-order valence-corrected chi connectivity index (χ0v) is 36.1. The van der Waals surface area contributed by atoms with Gasteiger partial charge in [-0.3, -0.25) is 19.1 Å². The summed E-state index contributed by atoms with van der Waals surface area (Å²) >= 11 is 0. The van der Waals surface area contributed by atoms with Crippen LogP contribution in [-0.4, -0.2) is 110 Å². The van der Waals surface area contributed by atoms with Gasteiger partial charge in [0.05, 0.1) is 31.2 Å². The van der Waals surface area contributed by atoms with Crippen molar-refractivity contribution in [3.05, 3.63) is 36.5 Å². The number of ether oxygens (including phenoxy) is 5. The van der Waals surface area contributed by atoms with Crippen LogP contribution in [-0.2, 0) is 33.9 Å². The molecule has 6 rings (SSSR count). The third-order valence-corrected chi connectivity index (χ3v) is 13.9. The van der Waals surface area contributed by atoms with Gasteiger partial charge in [-0.25, -0.2) is 18.2 Å². The van der Waals surface area contributed by atoms with Gasteiger partial charge in [0.15, 0.2) is 0 Å². The van der Waals surface area contributed by atoms with E-state index in [1.54, 1.807) is 60.1 Å². The molecule has 0 radical (unpaired) electrons. The SMILES string of the molecule is COCCOc1cnc(O[C@@H]2C[C@H]3C(=O)N[C@]4(C(=O)NS(=O)(=O)C5(C)CC5)C[C@H]4/C=C\CC[C@@H](C)C[C@@H](C)[C@H](NC(=O)OC(C)(C)C)C(=O)N3C2)c2ccc(OC)cc12. The normalized spacial score (nSPS) is 28.8. The second-order valence-electron chi connectivity index (χ2n) is 17.8. The second-order valence-corrected chi connectivity index (χ2v) is 20.0. The Bertz CT molecular complexity index is 2070. The molecule has 0 spiro atoms. The van der Waals surface area contributed by atoms with E-state index in [9.17, 15) is 27.6 Å². The first kappa shape index (κ1) is 43.9. The van der Waals surface area contributed by atoms with Gasteiger partial charge in [-0.2, -0.15) is 0 Å². The third kappa shape index (κ3) is 9.88. The molecule has 16 nitrogen and oxygen atoms in total. The zero-order chi connectivity index (χ0) is 42.9. The van der Waals surface area contributed by atoms with E-state index in [0.29, 0.717) is 54.6 Å². The Morgan fingerprint density at radius 1 is 1.07 bits per heavy atom. The average Bonchev–Trinajstić information content (AvgIpc) is 4.05. The van der Waals surface area contributed by atoms with Crippen LogP contribution in [0.15, 0.2) is 36.5 Å². The maximum absolute atomic E-state index is 14.9. The number of nitrogens with zero attached hydrogens (tertiary/aromatic N) is 2. The van der Waals surface area contributed by atoms with Gasteiger partial charge in [-0.05, 0) is 96.3 Å². The van der Waals surface area contributed by atoms with Crippen molar-refractivity contribution in [2.75, 3.05) is 34.0 Å². The van der Waals surface area contributed by atoms with Crippen LogP contribution >= 0.6 is 0 Å². The summed E-state index contributed by atoms with van der Waals surface area (Å²) in [7, 11) is -0.889. The topological polar surface area (TPSA) is 201 Å². The molecule has 2 saturated carbocycles. The van der Waals surface area contributed by atoms with Crippen LogP contribution in [0.5, 0.6) is 17.4 Å². The number of alkyl carbamates (subject to hydrolysis) is 1. The molecule has 2 aliphatic heterocycles. The molecule has 59 heavy (non-hydrogen) atoms. The summed E-state index contributed by atoms with van der Waals surface area (Å²) < 4.78 is 56.4. The number of methoxy groups -OCH3 is 2. The Morgan fingerprint density at radius 3 is 2.49 bits per heavy atom. The molecular formula is C42H59N5O11S. The molecule has 2 aromatic rings. The molecule has 7 atom stereocenters. The summed E-state index contributed by atoms with van der Waals surface area (Å²) in [4.78, 5) is 62.7. The lowest BCUT2D eigenvalue weighted by molar-refractivity contribution is -0.142. The van der Waals surface area contributed by atoms with Crippen molar-refractivity contribution in [1.82, 2.24) is 25.2 Å². The summed E-state index contributed by atoms with van der Waals surface area (Å²) in [5.74, 6) is -1.39. The van der Waals surface area contributed by atoms with Crippen LogP contribution in [0.2, 0.25) is 0 Å². The molecule has 324 valence electrons. The smallest absolute Gasteiger partial charge is 0.408 e. The highest BCUT2D eigenvalue weighted by Gasteiger charge is 2.63. The van der Waals surface area contributed by atoms with E-state index in [1.165, 1.54) is 11.1 Å². The van der Waals surface area contributed by atoms with E-state index in [2.05, 4.69) is 27.3 Å². The van der Waals surface area contributed by atoms with E-state index in [0.717, 1.165) is 6.42 Å². The number of benzene rings is 1. The largest absolute Gasteiger partial charge is 0.497 e. The number of sulfonamides is 1. The maximum Gasteiger partial charge on any atom is 0.408 e. The number of hydrogen-bond acceptors (Lipinski definition) is 12. The first-order valence-corrected chi connectivity index (χ1v) is 21.9. The Kier molecular flexibility index (Phi) is 12.8. The third-order valence-electron chi connectivity index (χ3n) is 11.8. The van der Waals surface area contributed by atoms with Crippen LogP contribution in [0.3, 0.4) is 0 Å². The highest BCUT2D eigenvalue weighted by Crippen LogP contribution is 2.48. The fourth-order valence-electron chi connectivity index (χ4n) is 7.93. The van der Waals surface area contributed by atoms with Crippen LogP contribution in [0.1, 0.15) is 86.5 Å². The first-order chi connectivity index (χ1) is 27.8. The van der Waals surface area contributed by atoms with Crippen molar-refractivity contribution >= 4 is 44.6 Å². The number of carbonyl (C=O) groups excluding carboxylic acids is 4. The molecule has 17 heteroatoms. The molecule has 3 heterocycles. The Balaban J connectivity index is 1.35. The molecule has 4 amide bonds. The van der Waals surface area contributed by atoms with E-state index >= 15 is 0 Å². The minimum Gasteiger partial charge on any atom is -0.497 e. The lowest BCUT2D eigenvalue weighted by Crippen LogP contribution is -2.59. The van der Waals surface area contributed by atoms with Crippen LogP contribution in [0.4, 0.5) is 4.79 Å². The van der Waals surface area contributed by atoms with Gasteiger partial charge >= 0.3 is 6.09 Å². The van der Waals surface area contributed by atoms with Crippen molar-refractivity contribution in [1.29, 1.82) is 0 Å². The van der Waals surface area contributed by atoms with Crippen LogP contribution in [0, 0.1) is 17.8 Å². The van der Waals surface area contributed by atoms with E-state index in [-0.39, 0.29) is 43.7 Å². The first-order valence-electron chi connectivity index (χ1n) is 20.4. The number of amides is 4. The monoisotopic (exact) mass is 841 g/mol. The van der Waals surface area contributed by atoms with Gasteiger partial charge in [-0.1, -0.05) is 26.0 Å². The van der Waals surface area contributed by atoms with Gasteiger partial charge in [0.1, 0.15) is 47.4 Å². The van der Waals surface area contributed by atoms with Gasteiger partial charge in [0.2, 0.25) is 27.7 Å². The van der Waals surface area contributed by atoms with E-state index in [1.807, 2.05) is 19.1 Å². The Morgan fingerprint density at radius 2 is 1.81 bits per heavy atom. The number of pyridine rings is 1. The number of fused-ring (bicyclic) bond motifs is 3. The quantitative estimate of drug-likeness (QED) is 0.213. The standard InChI is InChI=1S/C42H59N5O11S/c1-25-11-9-10-12-27-22-42(27,38(50)46-59(52,53)41(6)15-16-41)45-35(48)32-21-29(24-47(32)37(49)34(26(2)19-25)44-39(51)58-40(3,4)5)57-36-30-14-13-28(55-8)20-31(30)33(23-43-36)56-18-17-54-7/h10,12-14,20,23,25-27,29,32,34H,9,11,15-19,21-22,24H2,1-8H3,(H,44,51)(H,45,48)(H,46,50)/b12-10-/t25-,26-,27-,29-,32+,34+,42-/m1/s1. The number of allylic oxidation sites excluding steroid dienone is 1. The molecule has 2 aliphatic carbocycles. The number of rotatable bonds is 11. The summed E-state index contributed by atoms with van der Waals surface area (Å²) in [6.45, 7) is 11.3. The number of carbonyl (C=O) groups is 4. The number of hydrogen-bond donors (Lipinski definition) is 3. The van der Waals surface area contributed by atoms with Gasteiger partial charge in [0.25, 0.3) is 5.91 Å². The minimum absolute atomic E-state index is 0.00150. The predicted molar refractivity (Wildman–Crippen MR) is 218 cm³/mol. The number of aromatic nitrogens is 1. The maximum atomic E-state index is 14.9. The molecule has 1 saturated heterocycles. The van der Waals surface area contributed by atoms with Gasteiger partial charge in [0, 0.05) is 30.2 Å². The summed E-state index contributed by atoms with van der Waals surface area (Å²) in [6, 6.07) is 3.10. The highest BCUT2D eigenvalue weighted by atomic mass is 32.2. The van der Waals surface area contributed by atoms with Crippen LogP contribution in [0.25, 0.3) is 10.8 Å². The lowest BCUT2D eigenvalue weighted by atomic mass is 9.88. The van der Waals surface area contributed by atoms with Crippen LogP contribution < -0.4 is 29.6 Å². The van der Waals surface area contributed by atoms with Gasteiger partial charge < -0.3 is 39.2 Å². The number of nitrogens with one attached hydrogen (secondary N) is 3. The lowest BCUT2D eigenvalue weighted by Gasteiger charge is -2.33. The Labute approximate surface area is 346 Å². The fourth-order valence-corrected chi connectivity index (χ4v) is 9.24. The predicted octanol–water partition coefficient (Wildman–Crippen LogP) is 4.40. The molecule has 1 aromatic heterocycles. The molecule has 0 unspecified atom stereocenters. The summed E-state index contributed by atoms with van der Waals surface area (Å²) in [6.07, 6.45) is 6.84. The van der Waals surface area contributed by atoms with E-state index < -0.39 is 73.8 Å². The second kappa shape index (κ2) is 17.1. The molecule has 0 bridgehead atoms. The zero-order valence-electron chi connectivity index (χ0n) is 35.3. The highest BCUT2D eigenvalue weighted by molar-refractivity contribution is 7.91. The Hall–Kier alpha value is -4.64. The summed E-state index contributed by atoms with van der Waals surface area (Å²) in [5.41, 5.74) is -2.39. The van der Waals surface area contributed by atoms with Gasteiger partial charge in [-0.15, -0.1) is 0 Å². The summed E-state index contributed by atoms with van der Waals surface area (Å²) in [5, 5.41) is 6.98. The van der Waals surface area contributed by atoms with E-state index in [4.69, 9.17) is 23.7 Å². The molecule has 4 aliphatic rings. The van der Waals surface area contributed by atoms with Crippen molar-refractivity contribution in [2.24, 2.45) is 17.8 Å². The van der Waals surface area contributed by atoms with Crippen molar-refractivity contribution in [2.45, 2.75) is 121 Å². The molecular weight excluding hydrogens is 783 g/mol. The van der Waals surface area contributed by atoms with Crippen molar-refractivity contribution in [3.63, 3.8) is 0 Å². The van der Waals surface area contributed by atoms with Crippen molar-refractivity contribution in [3.8, 4) is 17.4 Å². The molecule has 3 N–H and O–H groups in total. The fraction of sp³-hybridized carbons (Fsp3) is 0.643. The average molecular weight is 842 g/mol. The van der Waals surface area contributed by atoms with Crippen molar-refractivity contribution < 1.29 is 51.3 Å².